The molecule has 0 unspecified atom stereocenters. The zero-order chi connectivity index (χ0) is 14.7. The maximum Gasteiger partial charge on any atom is 0.219 e. The van der Waals surface area contributed by atoms with Gasteiger partial charge in [-0.3, -0.25) is 4.79 Å². The van der Waals surface area contributed by atoms with Gasteiger partial charge < -0.3 is 14.5 Å². The molecule has 1 amide bonds. The number of carbonyl (C=O) groups is 1. The molecule has 3 rings (SSSR count). The van der Waals surface area contributed by atoms with Crippen molar-refractivity contribution in [1.29, 1.82) is 0 Å². The van der Waals surface area contributed by atoms with E-state index in [1.54, 1.807) is 6.92 Å². The van der Waals surface area contributed by atoms with E-state index in [4.69, 9.17) is 4.74 Å². The molecule has 0 atom stereocenters. The van der Waals surface area contributed by atoms with E-state index in [-0.39, 0.29) is 12.0 Å². The second-order valence-electron chi connectivity index (χ2n) is 6.01. The highest BCUT2D eigenvalue weighted by Crippen LogP contribution is 2.25. The number of hydrogen-bond acceptors (Lipinski definition) is 3. The van der Waals surface area contributed by atoms with Crippen LogP contribution in [0.5, 0.6) is 5.75 Å². The Kier molecular flexibility index (Phi) is 4.32. The van der Waals surface area contributed by atoms with Gasteiger partial charge in [-0.15, -0.1) is 0 Å². The fourth-order valence-corrected chi connectivity index (χ4v) is 3.19. The summed E-state index contributed by atoms with van der Waals surface area (Å²) in [7, 11) is 0. The average molecular weight is 288 g/mol. The molecule has 2 saturated heterocycles. The first-order valence-electron chi connectivity index (χ1n) is 7.99. The van der Waals surface area contributed by atoms with E-state index in [0.717, 1.165) is 31.7 Å². The van der Waals surface area contributed by atoms with E-state index in [0.29, 0.717) is 0 Å². The highest BCUT2D eigenvalue weighted by Gasteiger charge is 2.22. The van der Waals surface area contributed by atoms with Crippen LogP contribution < -0.4 is 9.64 Å². The fraction of sp³-hybridized carbons (Fsp3) is 0.588. The molecule has 114 valence electrons. The summed E-state index contributed by atoms with van der Waals surface area (Å²) in [6.45, 7) is 5.60. The van der Waals surface area contributed by atoms with E-state index < -0.39 is 0 Å². The number of hydrogen-bond donors (Lipinski definition) is 0. The summed E-state index contributed by atoms with van der Waals surface area (Å²) in [4.78, 5) is 15.6. The molecule has 0 N–H and O–H groups in total. The molecule has 2 fully saturated rings. The normalized spacial score (nSPS) is 19.9. The average Bonchev–Trinajstić information content (AvgIpc) is 3.03. The van der Waals surface area contributed by atoms with Gasteiger partial charge >= 0.3 is 0 Å². The van der Waals surface area contributed by atoms with Crippen LogP contribution in [0.3, 0.4) is 0 Å². The molecule has 4 nitrogen and oxygen atoms in total. The second-order valence-corrected chi connectivity index (χ2v) is 6.01. The maximum absolute atomic E-state index is 11.3. The number of likely N-dealkylation sites (tertiary alicyclic amines) is 1. The van der Waals surface area contributed by atoms with Gasteiger partial charge in [0.25, 0.3) is 0 Å². The van der Waals surface area contributed by atoms with E-state index in [1.807, 2.05) is 4.90 Å². The molecule has 2 heterocycles. The smallest absolute Gasteiger partial charge is 0.219 e. The van der Waals surface area contributed by atoms with Gasteiger partial charge in [-0.05, 0) is 37.1 Å². The van der Waals surface area contributed by atoms with Crippen molar-refractivity contribution in [3.8, 4) is 5.75 Å². The van der Waals surface area contributed by atoms with Crippen molar-refractivity contribution >= 4 is 11.6 Å². The molecule has 0 spiro atoms. The third-order valence-corrected chi connectivity index (χ3v) is 4.50. The first-order valence-corrected chi connectivity index (χ1v) is 7.99. The molecule has 0 saturated carbocycles. The van der Waals surface area contributed by atoms with Gasteiger partial charge in [0, 0.05) is 51.6 Å². The van der Waals surface area contributed by atoms with Crippen LogP contribution in [0, 0.1) is 0 Å². The minimum absolute atomic E-state index is 0.170. The molecule has 2 aliphatic rings. The molecule has 0 aromatic heterocycles. The number of piperidine rings is 1. The molecule has 2 aliphatic heterocycles. The van der Waals surface area contributed by atoms with Crippen molar-refractivity contribution in [1.82, 2.24) is 4.90 Å². The van der Waals surface area contributed by atoms with Crippen molar-refractivity contribution in [2.45, 2.75) is 38.7 Å². The Labute approximate surface area is 126 Å². The number of ether oxygens (including phenoxy) is 1. The highest BCUT2D eigenvalue weighted by molar-refractivity contribution is 5.73. The first-order chi connectivity index (χ1) is 10.2. The van der Waals surface area contributed by atoms with E-state index in [1.165, 1.54) is 31.6 Å². The van der Waals surface area contributed by atoms with Crippen LogP contribution in [0.2, 0.25) is 0 Å². The lowest BCUT2D eigenvalue weighted by molar-refractivity contribution is -0.130. The summed E-state index contributed by atoms with van der Waals surface area (Å²) in [6, 6.07) is 8.46. The number of nitrogens with zero attached hydrogens (tertiary/aromatic N) is 2. The van der Waals surface area contributed by atoms with Gasteiger partial charge in [-0.1, -0.05) is 0 Å². The number of anilines is 1. The number of rotatable bonds is 3. The van der Waals surface area contributed by atoms with Gasteiger partial charge in [0.2, 0.25) is 5.91 Å². The fourth-order valence-electron chi connectivity index (χ4n) is 3.19. The van der Waals surface area contributed by atoms with Gasteiger partial charge in [0.1, 0.15) is 11.9 Å². The maximum atomic E-state index is 11.3. The SMILES string of the molecule is CC(=O)N1CCC(Oc2ccc(N3CCCC3)cc2)CC1. The summed E-state index contributed by atoms with van der Waals surface area (Å²) >= 11 is 0. The predicted molar refractivity (Wildman–Crippen MR) is 83.8 cm³/mol. The van der Waals surface area contributed by atoms with Gasteiger partial charge in [0.05, 0.1) is 0 Å². The molecule has 0 bridgehead atoms. The molecular weight excluding hydrogens is 264 g/mol. The van der Waals surface area contributed by atoms with E-state index in [9.17, 15) is 4.79 Å². The largest absolute Gasteiger partial charge is 0.490 e. The van der Waals surface area contributed by atoms with Crippen LogP contribution in [0.4, 0.5) is 5.69 Å². The van der Waals surface area contributed by atoms with Crippen LogP contribution in [0.15, 0.2) is 24.3 Å². The van der Waals surface area contributed by atoms with Crippen LogP contribution in [0.1, 0.15) is 32.6 Å². The Morgan fingerprint density at radius 2 is 1.67 bits per heavy atom. The van der Waals surface area contributed by atoms with Gasteiger partial charge in [-0.2, -0.15) is 0 Å². The Morgan fingerprint density at radius 1 is 1.05 bits per heavy atom. The van der Waals surface area contributed by atoms with Crippen LogP contribution in [-0.4, -0.2) is 43.1 Å². The van der Waals surface area contributed by atoms with Crippen molar-refractivity contribution in [2.24, 2.45) is 0 Å². The molecule has 1 aromatic carbocycles. The number of amides is 1. The first kappa shape index (κ1) is 14.2. The number of carbonyl (C=O) groups excluding carboxylic acids is 1. The second kappa shape index (κ2) is 6.37. The molecular formula is C17H24N2O2. The lowest BCUT2D eigenvalue weighted by Crippen LogP contribution is -2.40. The zero-order valence-corrected chi connectivity index (χ0v) is 12.8. The van der Waals surface area contributed by atoms with Crippen molar-refractivity contribution < 1.29 is 9.53 Å². The molecule has 4 heteroatoms. The lowest BCUT2D eigenvalue weighted by atomic mass is 10.1. The summed E-state index contributed by atoms with van der Waals surface area (Å²) < 4.78 is 6.04. The van der Waals surface area contributed by atoms with Gasteiger partial charge in [-0.25, -0.2) is 0 Å². The topological polar surface area (TPSA) is 32.8 Å². The standard InChI is InChI=1S/C17H24N2O2/c1-14(20)18-12-8-17(9-13-18)21-16-6-4-15(5-7-16)19-10-2-3-11-19/h4-7,17H,2-3,8-13H2,1H3. The predicted octanol–water partition coefficient (Wildman–Crippen LogP) is 2.68. The Balaban J connectivity index is 1.52. The monoisotopic (exact) mass is 288 g/mol. The highest BCUT2D eigenvalue weighted by atomic mass is 16.5. The van der Waals surface area contributed by atoms with Crippen molar-refractivity contribution in [3.63, 3.8) is 0 Å². The summed E-state index contributed by atoms with van der Waals surface area (Å²) in [5.74, 6) is 1.11. The Hall–Kier alpha value is -1.71. The zero-order valence-electron chi connectivity index (χ0n) is 12.8. The molecule has 0 radical (unpaired) electrons. The van der Waals surface area contributed by atoms with Crippen molar-refractivity contribution in [2.75, 3.05) is 31.1 Å². The quantitative estimate of drug-likeness (QED) is 0.857. The summed E-state index contributed by atoms with van der Waals surface area (Å²) in [6.07, 6.45) is 4.68. The Bertz CT molecular complexity index is 472. The third kappa shape index (κ3) is 3.49. The minimum Gasteiger partial charge on any atom is -0.490 e. The van der Waals surface area contributed by atoms with E-state index >= 15 is 0 Å². The van der Waals surface area contributed by atoms with Crippen molar-refractivity contribution in [3.05, 3.63) is 24.3 Å². The van der Waals surface area contributed by atoms with Crippen LogP contribution >= 0.6 is 0 Å². The van der Waals surface area contributed by atoms with Crippen LogP contribution in [0.25, 0.3) is 0 Å². The number of benzene rings is 1. The summed E-state index contributed by atoms with van der Waals surface area (Å²) in [5, 5.41) is 0. The summed E-state index contributed by atoms with van der Waals surface area (Å²) in [5.41, 5.74) is 1.30. The third-order valence-electron chi connectivity index (χ3n) is 4.50. The molecule has 1 aromatic rings. The van der Waals surface area contributed by atoms with E-state index in [2.05, 4.69) is 29.2 Å². The molecule has 21 heavy (non-hydrogen) atoms. The van der Waals surface area contributed by atoms with Crippen LogP contribution in [-0.2, 0) is 4.79 Å². The Morgan fingerprint density at radius 3 is 2.24 bits per heavy atom. The molecule has 0 aliphatic carbocycles. The minimum atomic E-state index is 0.170. The lowest BCUT2D eigenvalue weighted by Gasteiger charge is -2.31. The van der Waals surface area contributed by atoms with Gasteiger partial charge in [0.15, 0.2) is 0 Å².